The summed E-state index contributed by atoms with van der Waals surface area (Å²) in [5, 5.41) is 9.23. The number of aliphatic hydroxyl groups is 1. The molecule has 0 aliphatic carbocycles. The highest BCUT2D eigenvalue weighted by molar-refractivity contribution is 6.20. The highest BCUT2D eigenvalue weighted by Crippen LogP contribution is 2.29. The summed E-state index contributed by atoms with van der Waals surface area (Å²) in [4.78, 5) is 43.9. The molecule has 0 saturated carbocycles. The average molecular weight is 393 g/mol. The summed E-state index contributed by atoms with van der Waals surface area (Å²) in [6, 6.07) is 15.1. The van der Waals surface area contributed by atoms with E-state index in [4.69, 9.17) is 5.73 Å². The summed E-state index contributed by atoms with van der Waals surface area (Å²) < 4.78 is 0. The van der Waals surface area contributed by atoms with Crippen LogP contribution in [0.2, 0.25) is 0 Å². The Morgan fingerprint density at radius 3 is 2.55 bits per heavy atom. The number of benzene rings is 2. The summed E-state index contributed by atoms with van der Waals surface area (Å²) in [6.07, 6.45) is 0.496. The number of anilines is 1. The van der Waals surface area contributed by atoms with Crippen molar-refractivity contribution in [1.29, 1.82) is 0 Å². The molecule has 3 rings (SSSR count). The van der Waals surface area contributed by atoms with Crippen LogP contribution in [-0.4, -0.2) is 66.2 Å². The van der Waals surface area contributed by atoms with Crippen LogP contribution in [0.15, 0.2) is 59.6 Å². The molecule has 2 amide bonds. The predicted octanol–water partition coefficient (Wildman–Crippen LogP) is 0.0844. The molecule has 1 radical (unpaired) electrons. The van der Waals surface area contributed by atoms with Crippen LogP contribution >= 0.6 is 0 Å². The standard InChI is InChI=1S/C21H21N4O4/c1-24(20(28)16(22)13-27)19-21(29)25(11-12-26)17-10-6-5-9-15(17)18(23-19)14-7-3-2-4-8-14/h2-10,16,19,27H,11,13,22H2,1H3. The molecule has 29 heavy (non-hydrogen) atoms. The van der Waals surface area contributed by atoms with Crippen LogP contribution in [0, 0.1) is 0 Å². The first kappa shape index (κ1) is 20.4. The maximum atomic E-state index is 13.3. The Balaban J connectivity index is 2.20. The Labute approximate surface area is 168 Å². The number of aliphatic hydroxyl groups excluding tert-OH is 1. The molecule has 1 aliphatic rings. The number of carbonyl (C=O) groups excluding carboxylic acids is 3. The molecule has 0 spiro atoms. The van der Waals surface area contributed by atoms with Gasteiger partial charge in [-0.05, 0) is 6.07 Å². The lowest BCUT2D eigenvalue weighted by molar-refractivity contribution is -0.139. The molecule has 1 heterocycles. The van der Waals surface area contributed by atoms with Gasteiger partial charge in [-0.15, -0.1) is 0 Å². The highest BCUT2D eigenvalue weighted by Gasteiger charge is 2.37. The van der Waals surface area contributed by atoms with Gasteiger partial charge in [0.05, 0.1) is 24.6 Å². The van der Waals surface area contributed by atoms with Gasteiger partial charge in [0.1, 0.15) is 6.04 Å². The maximum Gasteiger partial charge on any atom is 0.272 e. The quantitative estimate of drug-likeness (QED) is 0.721. The van der Waals surface area contributed by atoms with E-state index in [0.29, 0.717) is 17.0 Å². The molecule has 0 fully saturated rings. The summed E-state index contributed by atoms with van der Waals surface area (Å²) in [5.74, 6) is -1.20. The number of hydrogen-bond acceptors (Lipinski definition) is 6. The Morgan fingerprint density at radius 2 is 1.90 bits per heavy atom. The van der Waals surface area contributed by atoms with Gasteiger partial charge in [0.25, 0.3) is 5.91 Å². The van der Waals surface area contributed by atoms with Crippen LogP contribution < -0.4 is 10.6 Å². The largest absolute Gasteiger partial charge is 0.394 e. The van der Waals surface area contributed by atoms with Crippen molar-refractivity contribution in [2.24, 2.45) is 10.7 Å². The number of carbonyl (C=O) groups is 2. The van der Waals surface area contributed by atoms with Crippen LogP contribution in [0.4, 0.5) is 5.69 Å². The van der Waals surface area contributed by atoms with Gasteiger partial charge in [0, 0.05) is 18.2 Å². The zero-order chi connectivity index (χ0) is 21.0. The fraction of sp³-hybridized carbons (Fsp3) is 0.238. The average Bonchev–Trinajstić information content (AvgIpc) is 2.88. The number of hydrogen-bond donors (Lipinski definition) is 2. The minimum atomic E-state index is -1.25. The Morgan fingerprint density at radius 1 is 1.24 bits per heavy atom. The smallest absolute Gasteiger partial charge is 0.272 e. The number of nitrogens with two attached hydrogens (primary N) is 1. The van der Waals surface area contributed by atoms with Crippen molar-refractivity contribution in [1.82, 2.24) is 4.90 Å². The molecule has 149 valence electrons. The second kappa shape index (κ2) is 8.76. The van der Waals surface area contributed by atoms with E-state index in [0.717, 1.165) is 10.5 Å². The van der Waals surface area contributed by atoms with Gasteiger partial charge < -0.3 is 20.6 Å². The highest BCUT2D eigenvalue weighted by atomic mass is 16.3. The number of nitrogens with zero attached hydrogens (tertiary/aromatic N) is 3. The molecule has 0 bridgehead atoms. The third-order valence-corrected chi connectivity index (χ3v) is 4.69. The summed E-state index contributed by atoms with van der Waals surface area (Å²) >= 11 is 0. The van der Waals surface area contributed by atoms with E-state index >= 15 is 0 Å². The minimum absolute atomic E-state index is 0.308. The molecule has 1 aliphatic heterocycles. The number of aliphatic imine (C=N–C) groups is 1. The van der Waals surface area contributed by atoms with Gasteiger partial charge in [-0.2, -0.15) is 0 Å². The van der Waals surface area contributed by atoms with Crippen molar-refractivity contribution in [2.45, 2.75) is 12.2 Å². The van der Waals surface area contributed by atoms with Gasteiger partial charge in [-0.1, -0.05) is 48.5 Å². The lowest BCUT2D eigenvalue weighted by Crippen LogP contribution is -2.53. The van der Waals surface area contributed by atoms with Gasteiger partial charge in [-0.25, -0.2) is 4.99 Å². The second-order valence-corrected chi connectivity index (χ2v) is 6.54. The number of para-hydroxylation sites is 1. The van der Waals surface area contributed by atoms with Crippen LogP contribution in [0.3, 0.4) is 0 Å². The van der Waals surface area contributed by atoms with E-state index in [1.807, 2.05) is 30.3 Å². The summed E-state index contributed by atoms with van der Waals surface area (Å²) in [5.41, 5.74) is 8.06. The number of amides is 2. The second-order valence-electron chi connectivity index (χ2n) is 6.54. The number of rotatable bonds is 6. The minimum Gasteiger partial charge on any atom is -0.394 e. The topological polar surface area (TPSA) is 116 Å². The van der Waals surface area contributed by atoms with E-state index in [1.54, 1.807) is 30.6 Å². The normalized spacial score (nSPS) is 17.1. The molecule has 2 unspecified atom stereocenters. The summed E-state index contributed by atoms with van der Waals surface area (Å²) in [6.45, 7) is -0.872. The van der Waals surface area contributed by atoms with Crippen molar-refractivity contribution < 1.29 is 19.5 Å². The molecule has 0 aromatic heterocycles. The van der Waals surface area contributed by atoms with Gasteiger partial charge in [0.2, 0.25) is 18.4 Å². The molecular formula is C21H21N4O4. The first-order valence-electron chi connectivity index (χ1n) is 9.01. The van der Waals surface area contributed by atoms with Crippen LogP contribution in [-0.2, 0) is 14.4 Å². The van der Waals surface area contributed by atoms with Crippen LogP contribution in [0.5, 0.6) is 0 Å². The fourth-order valence-electron chi connectivity index (χ4n) is 3.18. The molecule has 8 nitrogen and oxygen atoms in total. The van der Waals surface area contributed by atoms with E-state index in [2.05, 4.69) is 4.99 Å². The number of likely N-dealkylation sites (N-methyl/N-ethyl adjacent to an activating group) is 1. The van der Waals surface area contributed by atoms with Crippen molar-refractivity contribution in [3.63, 3.8) is 0 Å². The third kappa shape index (κ3) is 3.94. The lowest BCUT2D eigenvalue weighted by Gasteiger charge is -2.29. The lowest BCUT2D eigenvalue weighted by atomic mass is 10.0. The monoisotopic (exact) mass is 393 g/mol. The first-order valence-corrected chi connectivity index (χ1v) is 9.01. The first-order chi connectivity index (χ1) is 14.0. The fourth-order valence-corrected chi connectivity index (χ4v) is 3.18. The van der Waals surface area contributed by atoms with Crippen LogP contribution in [0.1, 0.15) is 11.1 Å². The SMILES string of the molecule is CN(C(=O)C(N)CO)C1N=C(c2ccccc2)c2ccccc2N(C[C]=O)C1=O. The molecule has 8 heteroatoms. The maximum absolute atomic E-state index is 13.3. The van der Waals surface area contributed by atoms with E-state index in [-0.39, 0.29) is 6.54 Å². The van der Waals surface area contributed by atoms with Crippen molar-refractivity contribution in [3.8, 4) is 0 Å². The van der Waals surface area contributed by atoms with Gasteiger partial charge in [0.15, 0.2) is 0 Å². The molecule has 2 atom stereocenters. The Hall–Kier alpha value is -3.36. The van der Waals surface area contributed by atoms with E-state index in [1.165, 1.54) is 11.9 Å². The Kier molecular flexibility index (Phi) is 6.16. The van der Waals surface area contributed by atoms with Gasteiger partial charge >= 0.3 is 0 Å². The van der Waals surface area contributed by atoms with Crippen LogP contribution in [0.25, 0.3) is 0 Å². The van der Waals surface area contributed by atoms with Gasteiger partial charge in [-0.3, -0.25) is 14.4 Å². The molecule has 2 aromatic rings. The number of benzodiazepines with no additional fused rings is 1. The number of fused-ring (bicyclic) bond motifs is 1. The Bertz CT molecular complexity index is 945. The zero-order valence-corrected chi connectivity index (χ0v) is 15.9. The zero-order valence-electron chi connectivity index (χ0n) is 15.9. The third-order valence-electron chi connectivity index (χ3n) is 4.69. The molecule has 0 saturated heterocycles. The molecular weight excluding hydrogens is 372 g/mol. The van der Waals surface area contributed by atoms with Crippen molar-refractivity contribution in [2.75, 3.05) is 25.1 Å². The molecule has 2 aromatic carbocycles. The summed E-state index contributed by atoms with van der Waals surface area (Å²) in [7, 11) is 1.39. The predicted molar refractivity (Wildman–Crippen MR) is 108 cm³/mol. The van der Waals surface area contributed by atoms with E-state index in [9.17, 15) is 19.5 Å². The van der Waals surface area contributed by atoms with Crippen molar-refractivity contribution in [3.05, 3.63) is 65.7 Å². The van der Waals surface area contributed by atoms with Crippen molar-refractivity contribution >= 4 is 29.5 Å². The molecule has 3 N–H and O–H groups in total. The van der Waals surface area contributed by atoms with E-state index < -0.39 is 30.6 Å².